The molecule has 0 spiro atoms. The van der Waals surface area contributed by atoms with Gasteiger partial charge in [0.05, 0.1) is 29.8 Å². The third kappa shape index (κ3) is 4.49. The van der Waals surface area contributed by atoms with Gasteiger partial charge in [0, 0.05) is 5.56 Å². The Kier molecular flexibility index (Phi) is 6.36. The van der Waals surface area contributed by atoms with Gasteiger partial charge < -0.3 is 18.3 Å². The summed E-state index contributed by atoms with van der Waals surface area (Å²) >= 11 is 2.33. The van der Waals surface area contributed by atoms with E-state index < -0.39 is 8.32 Å². The molecule has 0 unspecified atom stereocenters. The lowest BCUT2D eigenvalue weighted by Crippen LogP contribution is -2.40. The second kappa shape index (κ2) is 8.32. The molecule has 0 aliphatic carbocycles. The van der Waals surface area contributed by atoms with Gasteiger partial charge in [-0.2, -0.15) is 0 Å². The summed E-state index contributed by atoms with van der Waals surface area (Å²) in [6.45, 7) is 11.8. The van der Waals surface area contributed by atoms with Crippen LogP contribution in [0.5, 0.6) is 11.5 Å². The van der Waals surface area contributed by atoms with Gasteiger partial charge in [0.2, 0.25) is 0 Å². The Morgan fingerprint density at radius 1 is 1.00 bits per heavy atom. The molecule has 2 aromatic carbocycles. The summed E-state index contributed by atoms with van der Waals surface area (Å²) in [5.74, 6) is 2.47. The van der Waals surface area contributed by atoms with Crippen LogP contribution in [-0.2, 0) is 11.0 Å². The third-order valence-electron chi connectivity index (χ3n) is 5.73. The Balaban J connectivity index is 1.99. The van der Waals surface area contributed by atoms with E-state index in [9.17, 15) is 0 Å². The van der Waals surface area contributed by atoms with Crippen molar-refractivity contribution in [2.75, 3.05) is 14.2 Å². The minimum Gasteiger partial charge on any atom is -0.497 e. The maximum absolute atomic E-state index is 6.40. The molecule has 0 fully saturated rings. The van der Waals surface area contributed by atoms with E-state index in [-0.39, 0.29) is 5.04 Å². The van der Waals surface area contributed by atoms with Crippen molar-refractivity contribution in [2.45, 2.75) is 45.5 Å². The number of methoxy groups -OCH3 is 2. The molecule has 4 nitrogen and oxygen atoms in total. The molecule has 0 atom stereocenters. The smallest absolute Gasteiger partial charge is 0.192 e. The fraction of sp³-hybridized carbons (Fsp3) is 0.391. The van der Waals surface area contributed by atoms with Crippen LogP contribution in [-0.4, -0.2) is 22.5 Å². The second-order valence-electron chi connectivity index (χ2n) is 8.69. The van der Waals surface area contributed by atoms with Crippen molar-refractivity contribution in [3.63, 3.8) is 0 Å². The van der Waals surface area contributed by atoms with Crippen LogP contribution in [0.1, 0.15) is 26.3 Å². The molecule has 0 bridgehead atoms. The molecule has 0 saturated heterocycles. The summed E-state index contributed by atoms with van der Waals surface area (Å²) in [6, 6.07) is 12.0. The van der Waals surface area contributed by atoms with Crippen molar-refractivity contribution in [3.05, 3.63) is 45.5 Å². The molecule has 0 radical (unpaired) electrons. The minimum absolute atomic E-state index is 0.169. The predicted molar refractivity (Wildman–Crippen MR) is 129 cm³/mol. The van der Waals surface area contributed by atoms with E-state index in [1.807, 2.05) is 24.3 Å². The van der Waals surface area contributed by atoms with Crippen molar-refractivity contribution in [1.82, 2.24) is 0 Å². The predicted octanol–water partition coefficient (Wildman–Crippen LogP) is 7.24. The highest BCUT2D eigenvalue weighted by Crippen LogP contribution is 2.41. The number of furan rings is 1. The lowest BCUT2D eigenvalue weighted by Gasteiger charge is -2.36. The molecular weight excluding hydrogens is 495 g/mol. The van der Waals surface area contributed by atoms with Crippen LogP contribution < -0.4 is 9.47 Å². The summed E-state index contributed by atoms with van der Waals surface area (Å²) in [4.78, 5) is 0. The molecular formula is C23H29IO4Si. The Morgan fingerprint density at radius 3 is 2.21 bits per heavy atom. The Morgan fingerprint density at radius 2 is 1.66 bits per heavy atom. The van der Waals surface area contributed by atoms with Crippen LogP contribution in [0.4, 0.5) is 0 Å². The van der Waals surface area contributed by atoms with E-state index in [4.69, 9.17) is 18.3 Å². The van der Waals surface area contributed by atoms with E-state index in [2.05, 4.69) is 68.6 Å². The molecule has 0 saturated carbocycles. The van der Waals surface area contributed by atoms with Gasteiger partial charge >= 0.3 is 0 Å². The quantitative estimate of drug-likeness (QED) is 0.252. The van der Waals surface area contributed by atoms with Crippen LogP contribution in [0.25, 0.3) is 22.3 Å². The third-order valence-corrected chi connectivity index (χ3v) is 11.2. The highest BCUT2D eigenvalue weighted by Gasteiger charge is 2.37. The second-order valence-corrected chi connectivity index (χ2v) is 14.6. The van der Waals surface area contributed by atoms with E-state index in [1.54, 1.807) is 14.2 Å². The molecule has 1 aromatic heterocycles. The van der Waals surface area contributed by atoms with Crippen molar-refractivity contribution < 1.29 is 18.3 Å². The molecule has 0 aliphatic rings. The molecule has 0 amide bonds. The van der Waals surface area contributed by atoms with Gasteiger partial charge in [0.15, 0.2) is 8.32 Å². The number of hydrogen-bond donors (Lipinski definition) is 0. The Hall–Kier alpha value is -1.51. The number of halogens is 1. The standard InChI is InChI=1S/C23H29IO4Si/c1-23(2,3)29(6,7)27-14-15-12-18(26-5)20-19(13-15)28-22(21(20)24)16-8-10-17(25-4)11-9-16/h8-13H,14H2,1-7H3. The van der Waals surface area contributed by atoms with Crippen molar-refractivity contribution in [3.8, 4) is 22.8 Å². The first-order valence-electron chi connectivity index (χ1n) is 9.64. The summed E-state index contributed by atoms with van der Waals surface area (Å²) in [6.07, 6.45) is 0. The lowest BCUT2D eigenvalue weighted by molar-refractivity contribution is 0.276. The fourth-order valence-electron chi connectivity index (χ4n) is 2.86. The maximum atomic E-state index is 6.40. The average molecular weight is 524 g/mol. The van der Waals surface area contributed by atoms with Gasteiger partial charge in [0.25, 0.3) is 0 Å². The lowest BCUT2D eigenvalue weighted by atomic mass is 10.1. The Labute approximate surface area is 187 Å². The molecule has 1 heterocycles. The van der Waals surface area contributed by atoms with Gasteiger partial charge in [-0.3, -0.25) is 0 Å². The first kappa shape index (κ1) is 22.2. The summed E-state index contributed by atoms with van der Waals surface area (Å²) in [5.41, 5.74) is 2.88. The van der Waals surface area contributed by atoms with Crippen molar-refractivity contribution in [2.24, 2.45) is 0 Å². The van der Waals surface area contributed by atoms with Gasteiger partial charge in [0.1, 0.15) is 22.8 Å². The maximum Gasteiger partial charge on any atom is 0.192 e. The highest BCUT2D eigenvalue weighted by molar-refractivity contribution is 14.1. The van der Waals surface area contributed by atoms with Gasteiger partial charge in [-0.05, 0) is 82.7 Å². The molecule has 29 heavy (non-hydrogen) atoms. The van der Waals surface area contributed by atoms with Crippen molar-refractivity contribution >= 4 is 41.9 Å². The zero-order valence-electron chi connectivity index (χ0n) is 18.2. The molecule has 0 aliphatic heterocycles. The molecule has 6 heteroatoms. The number of rotatable bonds is 6. The van der Waals surface area contributed by atoms with Gasteiger partial charge in [-0.15, -0.1) is 0 Å². The number of fused-ring (bicyclic) bond motifs is 1. The van der Waals surface area contributed by atoms with E-state index in [1.165, 1.54) is 0 Å². The van der Waals surface area contributed by atoms with Crippen LogP contribution >= 0.6 is 22.6 Å². The van der Waals surface area contributed by atoms with Gasteiger partial charge in [-0.1, -0.05) is 20.8 Å². The van der Waals surface area contributed by atoms with E-state index in [0.29, 0.717) is 6.61 Å². The monoisotopic (exact) mass is 524 g/mol. The zero-order chi connectivity index (χ0) is 21.4. The highest BCUT2D eigenvalue weighted by atomic mass is 127. The fourth-order valence-corrected chi connectivity index (χ4v) is 4.78. The van der Waals surface area contributed by atoms with Crippen LogP contribution in [0.15, 0.2) is 40.8 Å². The number of ether oxygens (including phenoxy) is 2. The van der Waals surface area contributed by atoms with E-state index >= 15 is 0 Å². The molecule has 0 N–H and O–H groups in total. The SMILES string of the molecule is COc1ccc(-c2oc3cc(CO[Si](C)(C)C(C)(C)C)cc(OC)c3c2I)cc1. The van der Waals surface area contributed by atoms with Crippen LogP contribution in [0, 0.1) is 3.57 Å². The summed E-state index contributed by atoms with van der Waals surface area (Å²) in [7, 11) is 1.53. The summed E-state index contributed by atoms with van der Waals surface area (Å²) in [5, 5.41) is 1.16. The molecule has 156 valence electrons. The Bertz CT molecular complexity index is 1000. The molecule has 3 rings (SSSR count). The normalized spacial score (nSPS) is 12.4. The zero-order valence-corrected chi connectivity index (χ0v) is 21.3. The first-order chi connectivity index (χ1) is 13.6. The average Bonchev–Trinajstić information content (AvgIpc) is 3.01. The van der Waals surface area contributed by atoms with Crippen molar-refractivity contribution in [1.29, 1.82) is 0 Å². The van der Waals surface area contributed by atoms with Gasteiger partial charge in [-0.25, -0.2) is 0 Å². The summed E-state index contributed by atoms with van der Waals surface area (Å²) < 4.78 is 24.7. The first-order valence-corrected chi connectivity index (χ1v) is 13.6. The number of benzene rings is 2. The molecule has 3 aromatic rings. The van der Waals surface area contributed by atoms with Crippen LogP contribution in [0.3, 0.4) is 0 Å². The van der Waals surface area contributed by atoms with E-state index in [0.717, 1.165) is 42.9 Å². The number of hydrogen-bond acceptors (Lipinski definition) is 4. The minimum atomic E-state index is -1.83. The largest absolute Gasteiger partial charge is 0.497 e. The van der Waals surface area contributed by atoms with Crippen LogP contribution in [0.2, 0.25) is 18.1 Å². The topological polar surface area (TPSA) is 40.8 Å².